The summed E-state index contributed by atoms with van der Waals surface area (Å²) in [6, 6.07) is 0. The summed E-state index contributed by atoms with van der Waals surface area (Å²) < 4.78 is 0. The Morgan fingerprint density at radius 1 is 0.800 bits per heavy atom. The molecule has 0 bridgehead atoms. The molecule has 5 heteroatoms. The van der Waals surface area contributed by atoms with Crippen molar-refractivity contribution in [2.75, 3.05) is 0 Å². The summed E-state index contributed by atoms with van der Waals surface area (Å²) >= 11 is 0. The van der Waals surface area contributed by atoms with E-state index >= 15 is 0 Å². The van der Waals surface area contributed by atoms with Gasteiger partial charge in [-0.2, -0.15) is 0 Å². The molecule has 0 saturated heterocycles. The van der Waals surface area contributed by atoms with Gasteiger partial charge in [-0.1, -0.05) is 0 Å². The predicted octanol–water partition coefficient (Wildman–Crippen LogP) is -1.26. The van der Waals surface area contributed by atoms with Crippen molar-refractivity contribution >= 4 is 41.9 Å². The molecule has 0 nitrogen and oxygen atoms in total. The van der Waals surface area contributed by atoms with Crippen LogP contribution in [0.4, 0.5) is 9.41 Å². The summed E-state index contributed by atoms with van der Waals surface area (Å²) in [7, 11) is 0. The van der Waals surface area contributed by atoms with Gasteiger partial charge in [0.05, 0.1) is 0 Å². The van der Waals surface area contributed by atoms with E-state index in [2.05, 4.69) is 0 Å². The van der Waals surface area contributed by atoms with Crippen molar-refractivity contribution in [3.63, 3.8) is 0 Å². The van der Waals surface area contributed by atoms with Crippen LogP contribution in [0.1, 0.15) is 0 Å². The summed E-state index contributed by atoms with van der Waals surface area (Å²) in [6.45, 7) is 0. The van der Waals surface area contributed by atoms with Crippen LogP contribution < -0.4 is 0 Å². The van der Waals surface area contributed by atoms with Crippen molar-refractivity contribution in [3.05, 3.63) is 0 Å². The minimum absolute atomic E-state index is 0. The molecule has 0 saturated carbocycles. The SMILES string of the molecule is F.F.[Gd].[LiH].[MgH2]. The monoisotopic (exact) mass is 232 g/mol. The van der Waals surface area contributed by atoms with Crippen molar-refractivity contribution in [1.29, 1.82) is 0 Å². The molecule has 0 heterocycles. The van der Waals surface area contributed by atoms with Gasteiger partial charge in [0.15, 0.2) is 0 Å². The van der Waals surface area contributed by atoms with Crippen LogP contribution in [0.2, 0.25) is 0 Å². The van der Waals surface area contributed by atoms with Crippen molar-refractivity contribution in [2.24, 2.45) is 0 Å². The van der Waals surface area contributed by atoms with Crippen molar-refractivity contribution in [2.45, 2.75) is 0 Å². The molecular formula is H5F2GdLiMg. The van der Waals surface area contributed by atoms with Crippen LogP contribution in [0.3, 0.4) is 0 Å². The summed E-state index contributed by atoms with van der Waals surface area (Å²) in [5.41, 5.74) is 0. The smallest absolute Gasteiger partial charge is 0.316 e. The fraction of sp³-hybridized carbons (Fsp3) is 0. The van der Waals surface area contributed by atoms with E-state index in [9.17, 15) is 0 Å². The summed E-state index contributed by atoms with van der Waals surface area (Å²) in [4.78, 5) is 0. The van der Waals surface area contributed by atoms with Gasteiger partial charge < -0.3 is 0 Å². The molecule has 0 radical (unpaired) electrons. The number of rotatable bonds is 0. The first kappa shape index (κ1) is 49.8. The van der Waals surface area contributed by atoms with E-state index in [1.54, 1.807) is 0 Å². The van der Waals surface area contributed by atoms with E-state index in [1.807, 2.05) is 0 Å². The quantitative estimate of drug-likeness (QED) is 0.457. The van der Waals surface area contributed by atoms with Gasteiger partial charge in [-0.05, 0) is 0 Å². The van der Waals surface area contributed by atoms with E-state index in [4.69, 9.17) is 0 Å². The number of hydrogen-bond donors (Lipinski definition) is 0. The molecular weight excluding hydrogens is 226 g/mol. The number of halogens is 2. The zero-order valence-electron chi connectivity index (χ0n) is 1.17. The van der Waals surface area contributed by atoms with Gasteiger partial charge in [-0.25, -0.2) is 0 Å². The van der Waals surface area contributed by atoms with Gasteiger partial charge in [0.2, 0.25) is 0 Å². The first-order chi connectivity index (χ1) is 0. The second-order valence-corrected chi connectivity index (χ2v) is 0. The van der Waals surface area contributed by atoms with E-state index < -0.39 is 0 Å². The fourth-order valence-corrected chi connectivity index (χ4v) is 0. The van der Waals surface area contributed by atoms with Crippen molar-refractivity contribution in [3.8, 4) is 0 Å². The van der Waals surface area contributed by atoms with Gasteiger partial charge in [-0.15, -0.1) is 0 Å². The Morgan fingerprint density at radius 2 is 0.800 bits per heavy atom. The van der Waals surface area contributed by atoms with Crippen LogP contribution in [-0.2, 0) is 0 Å². The van der Waals surface area contributed by atoms with E-state index in [1.165, 1.54) is 0 Å². The second-order valence-electron chi connectivity index (χ2n) is 0. The van der Waals surface area contributed by atoms with Crippen LogP contribution in [-0.4, -0.2) is 41.9 Å². The molecule has 0 rings (SSSR count). The molecule has 0 amide bonds. The van der Waals surface area contributed by atoms with Gasteiger partial charge in [-0.3, -0.25) is 9.41 Å². The molecule has 0 aromatic heterocycles. The molecule has 30 valence electrons. The third-order valence-corrected chi connectivity index (χ3v) is 0. The minimum atomic E-state index is 0. The molecule has 0 fully saturated rings. The van der Waals surface area contributed by atoms with Crippen LogP contribution in [0.15, 0.2) is 0 Å². The van der Waals surface area contributed by atoms with E-state index in [0.717, 1.165) is 0 Å². The van der Waals surface area contributed by atoms with Crippen LogP contribution in [0.5, 0.6) is 0 Å². The average Bonchev–Trinajstić information content (AvgIpc) is 0. The zero-order chi connectivity index (χ0) is 0. The maximum atomic E-state index is 0. The molecule has 5 heavy (non-hydrogen) atoms. The molecule has 0 aromatic carbocycles. The Balaban J connectivity index is 0. The normalized spacial score (nSPS) is 0. The molecule has 0 aliphatic carbocycles. The van der Waals surface area contributed by atoms with Crippen LogP contribution in [0, 0.1) is 39.9 Å². The van der Waals surface area contributed by atoms with Crippen molar-refractivity contribution < 1.29 is 49.3 Å². The Kier molecular flexibility index (Phi) is 309. The number of hydrogen-bond acceptors (Lipinski definition) is 0. The van der Waals surface area contributed by atoms with Gasteiger partial charge in [0, 0.05) is 39.9 Å². The van der Waals surface area contributed by atoms with Crippen LogP contribution in [0.25, 0.3) is 0 Å². The molecule has 0 aliphatic heterocycles. The minimum Gasteiger partial charge on any atom is 0.316 e. The Bertz CT molecular complexity index is 9.61. The molecule has 0 atom stereocenters. The Morgan fingerprint density at radius 3 is 0.800 bits per heavy atom. The van der Waals surface area contributed by atoms with Crippen molar-refractivity contribution in [1.82, 2.24) is 0 Å². The predicted molar refractivity (Wildman–Crippen MR) is 20.7 cm³/mol. The third kappa shape index (κ3) is 20.9. The first-order valence-electron chi connectivity index (χ1n) is 0. The molecule has 0 spiro atoms. The fourth-order valence-electron chi connectivity index (χ4n) is 0. The summed E-state index contributed by atoms with van der Waals surface area (Å²) in [6.07, 6.45) is 0. The Hall–Kier alpha value is 2.55. The topological polar surface area (TPSA) is 0 Å². The Labute approximate surface area is 89.6 Å². The maximum absolute atomic E-state index is 0. The molecule has 0 N–H and O–H groups in total. The third-order valence-electron chi connectivity index (χ3n) is 0. The second kappa shape index (κ2) is 31.0. The largest absolute Gasteiger partial charge is 0.316 e. The van der Waals surface area contributed by atoms with E-state index in [-0.39, 0.29) is 91.3 Å². The molecule has 0 aromatic rings. The van der Waals surface area contributed by atoms with Gasteiger partial charge in [0.1, 0.15) is 0 Å². The maximum Gasteiger partial charge on any atom is 0.316 e. The first-order valence-corrected chi connectivity index (χ1v) is 0. The van der Waals surface area contributed by atoms with Gasteiger partial charge >= 0.3 is 41.9 Å². The summed E-state index contributed by atoms with van der Waals surface area (Å²) in [5.74, 6) is 0. The zero-order valence-corrected chi connectivity index (χ0v) is 3.44. The van der Waals surface area contributed by atoms with E-state index in [0.29, 0.717) is 0 Å². The summed E-state index contributed by atoms with van der Waals surface area (Å²) in [5, 5.41) is 0. The average molecular weight is 232 g/mol. The van der Waals surface area contributed by atoms with Gasteiger partial charge in [0.25, 0.3) is 0 Å². The van der Waals surface area contributed by atoms with Crippen LogP contribution >= 0.6 is 0 Å². The molecule has 0 unspecified atom stereocenters. The molecule has 0 aliphatic rings. The standard InChI is InChI=1S/2FH.Gd.Li.Mg.3H/h2*1H;;;;;;.